The topological polar surface area (TPSA) is 70.2 Å². The average molecular weight is 339 g/mol. The van der Waals surface area contributed by atoms with Crippen LogP contribution in [0.4, 0.5) is 11.8 Å². The number of aromatic nitrogens is 2. The lowest BCUT2D eigenvalue weighted by Crippen LogP contribution is -2.43. The first kappa shape index (κ1) is 17.2. The van der Waals surface area contributed by atoms with Crippen molar-refractivity contribution in [2.24, 2.45) is 5.92 Å². The second-order valence-electron chi connectivity index (χ2n) is 6.48. The Labute approximate surface area is 148 Å². The van der Waals surface area contributed by atoms with E-state index >= 15 is 0 Å². The van der Waals surface area contributed by atoms with Crippen LogP contribution in [0.1, 0.15) is 24.0 Å². The first-order valence-electron chi connectivity index (χ1n) is 8.74. The van der Waals surface area contributed by atoms with E-state index in [0.29, 0.717) is 19.0 Å². The van der Waals surface area contributed by atoms with Crippen molar-refractivity contribution in [1.82, 2.24) is 15.3 Å². The summed E-state index contributed by atoms with van der Waals surface area (Å²) in [5.41, 5.74) is 2.35. The zero-order valence-corrected chi connectivity index (χ0v) is 14.8. The minimum Gasteiger partial charge on any atom is -0.357 e. The standard InChI is InChI=1S/C19H25N5O/c1-14-5-7-15(8-6-14)12-22-18(25)16-4-3-11-24(13-16)17-9-10-21-19(20-2)23-17/h5-10,16H,3-4,11-13H2,1-2H3,(H,22,25)(H,20,21,23)/t16-/m0/s1. The molecule has 1 aliphatic rings. The Morgan fingerprint density at radius 3 is 2.84 bits per heavy atom. The average Bonchev–Trinajstić information content (AvgIpc) is 2.67. The molecule has 0 spiro atoms. The highest BCUT2D eigenvalue weighted by Crippen LogP contribution is 2.22. The number of nitrogens with zero attached hydrogens (tertiary/aromatic N) is 3. The van der Waals surface area contributed by atoms with Gasteiger partial charge in [-0.2, -0.15) is 4.98 Å². The lowest BCUT2D eigenvalue weighted by Gasteiger charge is -2.32. The molecule has 1 aliphatic heterocycles. The number of rotatable bonds is 5. The van der Waals surface area contributed by atoms with E-state index in [0.717, 1.165) is 30.8 Å². The minimum atomic E-state index is -0.00722. The summed E-state index contributed by atoms with van der Waals surface area (Å²) in [6.07, 6.45) is 3.65. The molecule has 1 aromatic carbocycles. The Morgan fingerprint density at radius 1 is 1.28 bits per heavy atom. The zero-order valence-electron chi connectivity index (χ0n) is 14.8. The minimum absolute atomic E-state index is 0.00722. The fraction of sp³-hybridized carbons (Fsp3) is 0.421. The zero-order chi connectivity index (χ0) is 17.6. The molecule has 3 rings (SSSR count). The molecule has 25 heavy (non-hydrogen) atoms. The van der Waals surface area contributed by atoms with Gasteiger partial charge in [0.1, 0.15) is 5.82 Å². The van der Waals surface area contributed by atoms with E-state index < -0.39 is 0 Å². The van der Waals surface area contributed by atoms with Crippen LogP contribution in [-0.2, 0) is 11.3 Å². The van der Waals surface area contributed by atoms with Crippen molar-refractivity contribution in [3.8, 4) is 0 Å². The van der Waals surface area contributed by atoms with Crippen molar-refractivity contribution < 1.29 is 4.79 Å². The van der Waals surface area contributed by atoms with Crippen LogP contribution in [-0.4, -0.2) is 36.0 Å². The van der Waals surface area contributed by atoms with E-state index in [1.807, 2.05) is 6.07 Å². The monoisotopic (exact) mass is 339 g/mol. The summed E-state index contributed by atoms with van der Waals surface area (Å²) < 4.78 is 0. The smallest absolute Gasteiger partial charge is 0.225 e. The van der Waals surface area contributed by atoms with Crippen molar-refractivity contribution in [2.45, 2.75) is 26.3 Å². The summed E-state index contributed by atoms with van der Waals surface area (Å²) in [5, 5.41) is 6.03. The van der Waals surface area contributed by atoms with Crippen molar-refractivity contribution in [3.05, 3.63) is 47.7 Å². The fourth-order valence-electron chi connectivity index (χ4n) is 3.08. The summed E-state index contributed by atoms with van der Waals surface area (Å²) in [6.45, 7) is 4.25. The Bertz CT molecular complexity index is 716. The lowest BCUT2D eigenvalue weighted by atomic mass is 9.97. The van der Waals surface area contributed by atoms with Crippen LogP contribution >= 0.6 is 0 Å². The van der Waals surface area contributed by atoms with Crippen molar-refractivity contribution in [3.63, 3.8) is 0 Å². The number of hydrogen-bond donors (Lipinski definition) is 2. The molecule has 0 aliphatic carbocycles. The first-order chi connectivity index (χ1) is 12.2. The highest BCUT2D eigenvalue weighted by Gasteiger charge is 2.26. The molecule has 2 aromatic rings. The SMILES string of the molecule is CNc1nccc(N2CCC[C@H](C(=O)NCc3ccc(C)cc3)C2)n1. The third-order valence-electron chi connectivity index (χ3n) is 4.57. The van der Waals surface area contributed by atoms with Gasteiger partial charge in [-0.05, 0) is 31.4 Å². The molecule has 0 unspecified atom stereocenters. The fourth-order valence-corrected chi connectivity index (χ4v) is 3.08. The van der Waals surface area contributed by atoms with Crippen molar-refractivity contribution >= 4 is 17.7 Å². The van der Waals surface area contributed by atoms with Gasteiger partial charge in [0.25, 0.3) is 0 Å². The van der Waals surface area contributed by atoms with E-state index in [-0.39, 0.29) is 11.8 Å². The summed E-state index contributed by atoms with van der Waals surface area (Å²) >= 11 is 0. The quantitative estimate of drug-likeness (QED) is 0.875. The van der Waals surface area contributed by atoms with E-state index in [1.54, 1.807) is 13.2 Å². The molecule has 6 heteroatoms. The van der Waals surface area contributed by atoms with Gasteiger partial charge in [0.05, 0.1) is 5.92 Å². The van der Waals surface area contributed by atoms with Crippen LogP contribution in [0.5, 0.6) is 0 Å². The van der Waals surface area contributed by atoms with E-state index in [9.17, 15) is 4.79 Å². The number of carbonyl (C=O) groups is 1. The largest absolute Gasteiger partial charge is 0.357 e. The van der Waals surface area contributed by atoms with Crippen molar-refractivity contribution in [1.29, 1.82) is 0 Å². The molecule has 1 atom stereocenters. The third-order valence-corrected chi connectivity index (χ3v) is 4.57. The first-order valence-corrected chi connectivity index (χ1v) is 8.74. The molecular formula is C19H25N5O. The maximum absolute atomic E-state index is 12.6. The van der Waals surface area contributed by atoms with Gasteiger partial charge in [-0.1, -0.05) is 29.8 Å². The van der Waals surface area contributed by atoms with Gasteiger partial charge in [0.15, 0.2) is 0 Å². The predicted molar refractivity (Wildman–Crippen MR) is 99.5 cm³/mol. The van der Waals surface area contributed by atoms with E-state index in [1.165, 1.54) is 5.56 Å². The van der Waals surface area contributed by atoms with Gasteiger partial charge in [0, 0.05) is 32.9 Å². The van der Waals surface area contributed by atoms with E-state index in [4.69, 9.17) is 0 Å². The number of anilines is 2. The highest BCUT2D eigenvalue weighted by molar-refractivity contribution is 5.79. The Balaban J connectivity index is 1.58. The number of piperidine rings is 1. The predicted octanol–water partition coefficient (Wildman–Crippen LogP) is 2.36. The normalized spacial score (nSPS) is 17.2. The van der Waals surface area contributed by atoms with Crippen LogP contribution in [0.25, 0.3) is 0 Å². The molecule has 0 saturated carbocycles. The molecule has 0 radical (unpaired) electrons. The van der Waals surface area contributed by atoms with Crippen LogP contribution in [0.3, 0.4) is 0 Å². The Hall–Kier alpha value is -2.63. The number of aryl methyl sites for hydroxylation is 1. The second-order valence-corrected chi connectivity index (χ2v) is 6.48. The summed E-state index contributed by atoms with van der Waals surface area (Å²) in [6, 6.07) is 10.1. The number of benzene rings is 1. The number of amides is 1. The number of hydrogen-bond acceptors (Lipinski definition) is 5. The number of carbonyl (C=O) groups excluding carboxylic acids is 1. The van der Waals surface area contributed by atoms with Gasteiger partial charge in [-0.15, -0.1) is 0 Å². The molecule has 1 fully saturated rings. The molecule has 2 N–H and O–H groups in total. The molecule has 0 bridgehead atoms. The number of nitrogens with one attached hydrogen (secondary N) is 2. The van der Waals surface area contributed by atoms with Gasteiger partial charge < -0.3 is 15.5 Å². The second kappa shape index (κ2) is 7.96. The van der Waals surface area contributed by atoms with Gasteiger partial charge >= 0.3 is 0 Å². The Kier molecular flexibility index (Phi) is 5.48. The maximum Gasteiger partial charge on any atom is 0.225 e. The molecule has 132 valence electrons. The molecule has 2 heterocycles. The molecular weight excluding hydrogens is 314 g/mol. The molecule has 6 nitrogen and oxygen atoms in total. The summed E-state index contributed by atoms with van der Waals surface area (Å²) in [4.78, 5) is 23.4. The maximum atomic E-state index is 12.6. The lowest BCUT2D eigenvalue weighted by molar-refractivity contribution is -0.125. The molecule has 1 saturated heterocycles. The molecule has 1 amide bonds. The van der Waals surface area contributed by atoms with Crippen LogP contribution in [0.15, 0.2) is 36.5 Å². The summed E-state index contributed by atoms with van der Waals surface area (Å²) in [5.74, 6) is 1.58. The van der Waals surface area contributed by atoms with E-state index in [2.05, 4.69) is 56.7 Å². The van der Waals surface area contributed by atoms with Crippen LogP contribution in [0, 0.1) is 12.8 Å². The van der Waals surface area contributed by atoms with Crippen LogP contribution in [0.2, 0.25) is 0 Å². The van der Waals surface area contributed by atoms with Crippen molar-refractivity contribution in [2.75, 3.05) is 30.4 Å². The highest BCUT2D eigenvalue weighted by atomic mass is 16.1. The van der Waals surface area contributed by atoms with Gasteiger partial charge in [0.2, 0.25) is 11.9 Å². The third kappa shape index (κ3) is 4.47. The van der Waals surface area contributed by atoms with Crippen LogP contribution < -0.4 is 15.5 Å². The van der Waals surface area contributed by atoms with Gasteiger partial charge in [-0.3, -0.25) is 4.79 Å². The molecule has 1 aromatic heterocycles. The van der Waals surface area contributed by atoms with Gasteiger partial charge in [-0.25, -0.2) is 4.98 Å². The Morgan fingerprint density at radius 2 is 2.08 bits per heavy atom. The summed E-state index contributed by atoms with van der Waals surface area (Å²) in [7, 11) is 1.80.